The Morgan fingerprint density at radius 3 is 2.31 bits per heavy atom. The predicted octanol–water partition coefficient (Wildman–Crippen LogP) is 4.85. The van der Waals surface area contributed by atoms with E-state index < -0.39 is 15.8 Å². The second-order valence-corrected chi connectivity index (χ2v) is 10.3. The van der Waals surface area contributed by atoms with Gasteiger partial charge in [-0.3, -0.25) is 9.10 Å². The summed E-state index contributed by atoms with van der Waals surface area (Å²) < 4.78 is 45.9. The van der Waals surface area contributed by atoms with Crippen LogP contribution in [0.2, 0.25) is 0 Å². The van der Waals surface area contributed by atoms with E-state index in [2.05, 4.69) is 17.2 Å². The average molecular weight is 508 g/mol. The molecule has 0 spiro atoms. The van der Waals surface area contributed by atoms with Crippen molar-refractivity contribution in [1.82, 2.24) is 10.6 Å². The summed E-state index contributed by atoms with van der Waals surface area (Å²) in [5, 5.41) is 6.14. The number of nitrogens with one attached hydrogen (secondary N) is 2. The SMILES string of the molecule is C=C(NC)c1cccc(-c2cc3c(C(=O)NC)c(-c4ccc(F)cc4)oc3cc2N(C)S(C)(=O)=O)c1. The van der Waals surface area contributed by atoms with Crippen LogP contribution in [-0.2, 0) is 10.0 Å². The molecular weight excluding hydrogens is 481 g/mol. The van der Waals surface area contributed by atoms with E-state index in [4.69, 9.17) is 4.42 Å². The van der Waals surface area contributed by atoms with E-state index in [0.29, 0.717) is 33.5 Å². The van der Waals surface area contributed by atoms with Gasteiger partial charge in [-0.2, -0.15) is 0 Å². The number of fused-ring (bicyclic) bond motifs is 1. The second kappa shape index (κ2) is 9.50. The first-order valence-corrected chi connectivity index (χ1v) is 12.9. The monoisotopic (exact) mass is 507 g/mol. The maximum atomic E-state index is 13.6. The zero-order valence-corrected chi connectivity index (χ0v) is 21.2. The Morgan fingerprint density at radius 2 is 1.69 bits per heavy atom. The van der Waals surface area contributed by atoms with Crippen molar-refractivity contribution < 1.29 is 22.0 Å². The van der Waals surface area contributed by atoms with Gasteiger partial charge in [0.25, 0.3) is 5.91 Å². The number of amides is 1. The highest BCUT2D eigenvalue weighted by Crippen LogP contribution is 2.41. The predicted molar refractivity (Wildman–Crippen MR) is 142 cm³/mol. The maximum absolute atomic E-state index is 13.6. The lowest BCUT2D eigenvalue weighted by atomic mass is 9.97. The molecular formula is C27H26FN3O4S. The van der Waals surface area contributed by atoms with E-state index >= 15 is 0 Å². The number of carbonyl (C=O) groups is 1. The van der Waals surface area contributed by atoms with Crippen molar-refractivity contribution in [2.24, 2.45) is 0 Å². The Kier molecular flexibility index (Phi) is 6.60. The zero-order valence-electron chi connectivity index (χ0n) is 20.3. The molecule has 2 N–H and O–H groups in total. The Morgan fingerprint density at radius 1 is 1.00 bits per heavy atom. The summed E-state index contributed by atoms with van der Waals surface area (Å²) in [6.45, 7) is 4.00. The van der Waals surface area contributed by atoms with E-state index in [9.17, 15) is 17.6 Å². The van der Waals surface area contributed by atoms with Gasteiger partial charge < -0.3 is 15.1 Å². The van der Waals surface area contributed by atoms with Gasteiger partial charge in [0.15, 0.2) is 0 Å². The average Bonchev–Trinajstić information content (AvgIpc) is 3.24. The Balaban J connectivity index is 2.07. The highest BCUT2D eigenvalue weighted by molar-refractivity contribution is 7.92. The summed E-state index contributed by atoms with van der Waals surface area (Å²) in [5.41, 5.74) is 4.31. The van der Waals surface area contributed by atoms with Gasteiger partial charge in [-0.15, -0.1) is 0 Å². The molecule has 0 bridgehead atoms. The third-order valence-electron chi connectivity index (χ3n) is 6.03. The van der Waals surface area contributed by atoms with Gasteiger partial charge in [0.1, 0.15) is 17.2 Å². The summed E-state index contributed by atoms with van der Waals surface area (Å²) in [6.07, 6.45) is 1.11. The molecule has 0 saturated carbocycles. The third kappa shape index (κ3) is 4.57. The fourth-order valence-electron chi connectivity index (χ4n) is 3.98. The fourth-order valence-corrected chi connectivity index (χ4v) is 4.48. The fraction of sp³-hybridized carbons (Fsp3) is 0.148. The van der Waals surface area contributed by atoms with Crippen molar-refractivity contribution >= 4 is 38.3 Å². The first kappa shape index (κ1) is 25.0. The van der Waals surface area contributed by atoms with E-state index in [1.807, 2.05) is 24.3 Å². The molecule has 186 valence electrons. The standard InChI is InChI=1S/C27H26FN3O4S/c1-16(29-2)18-7-6-8-19(13-18)21-14-22-24(15-23(21)31(4)36(5,33)34)35-26(25(22)27(32)30-3)17-9-11-20(28)12-10-17/h6-15,29H,1H2,2-5H3,(H,30,32). The number of carbonyl (C=O) groups excluding carboxylic acids is 1. The van der Waals surface area contributed by atoms with Crippen LogP contribution in [0.15, 0.2) is 71.7 Å². The molecule has 4 rings (SSSR count). The van der Waals surface area contributed by atoms with Crippen LogP contribution >= 0.6 is 0 Å². The molecule has 0 aliphatic carbocycles. The van der Waals surface area contributed by atoms with Crippen molar-refractivity contribution in [3.63, 3.8) is 0 Å². The number of rotatable bonds is 7. The van der Waals surface area contributed by atoms with Crippen molar-refractivity contribution in [2.45, 2.75) is 0 Å². The number of hydrogen-bond donors (Lipinski definition) is 2. The van der Waals surface area contributed by atoms with Crippen molar-refractivity contribution in [3.8, 4) is 22.5 Å². The van der Waals surface area contributed by atoms with Crippen LogP contribution < -0.4 is 14.9 Å². The van der Waals surface area contributed by atoms with Crippen LogP contribution in [0.5, 0.6) is 0 Å². The molecule has 1 amide bonds. The molecule has 0 aliphatic heterocycles. The van der Waals surface area contributed by atoms with Gasteiger partial charge in [0.05, 0.1) is 17.5 Å². The molecule has 0 saturated heterocycles. The van der Waals surface area contributed by atoms with E-state index in [-0.39, 0.29) is 17.2 Å². The van der Waals surface area contributed by atoms with Crippen molar-refractivity contribution in [1.29, 1.82) is 0 Å². The molecule has 36 heavy (non-hydrogen) atoms. The van der Waals surface area contributed by atoms with Gasteiger partial charge in [-0.1, -0.05) is 24.8 Å². The molecule has 0 unspecified atom stereocenters. The summed E-state index contributed by atoms with van der Waals surface area (Å²) in [5.74, 6) is -0.550. The quantitative estimate of drug-likeness (QED) is 0.373. The summed E-state index contributed by atoms with van der Waals surface area (Å²) in [6, 6.07) is 16.4. The van der Waals surface area contributed by atoms with Crippen LogP contribution in [0, 0.1) is 5.82 Å². The van der Waals surface area contributed by atoms with Gasteiger partial charge in [-0.05, 0) is 47.5 Å². The third-order valence-corrected chi connectivity index (χ3v) is 7.22. The lowest BCUT2D eigenvalue weighted by Crippen LogP contribution is -2.25. The lowest BCUT2D eigenvalue weighted by Gasteiger charge is -2.21. The van der Waals surface area contributed by atoms with E-state index in [1.54, 1.807) is 19.2 Å². The number of sulfonamides is 1. The van der Waals surface area contributed by atoms with Crippen LogP contribution in [0.25, 0.3) is 39.1 Å². The van der Waals surface area contributed by atoms with Crippen LogP contribution in [0.4, 0.5) is 10.1 Å². The van der Waals surface area contributed by atoms with Gasteiger partial charge in [0, 0.05) is 49.4 Å². The number of anilines is 1. The van der Waals surface area contributed by atoms with Crippen LogP contribution in [0.1, 0.15) is 15.9 Å². The second-order valence-electron chi connectivity index (χ2n) is 8.30. The molecule has 0 fully saturated rings. The molecule has 9 heteroatoms. The highest BCUT2D eigenvalue weighted by atomic mass is 32.2. The first-order chi connectivity index (χ1) is 17.0. The lowest BCUT2D eigenvalue weighted by molar-refractivity contribution is 0.0964. The van der Waals surface area contributed by atoms with Crippen LogP contribution in [0.3, 0.4) is 0 Å². The molecule has 7 nitrogen and oxygen atoms in total. The normalized spacial score (nSPS) is 11.4. The molecule has 1 aromatic heterocycles. The van der Waals surface area contributed by atoms with Gasteiger partial charge in [0.2, 0.25) is 10.0 Å². The maximum Gasteiger partial charge on any atom is 0.255 e. The number of nitrogens with zero attached hydrogens (tertiary/aromatic N) is 1. The number of halogens is 1. The van der Waals surface area contributed by atoms with Crippen LogP contribution in [-0.4, -0.2) is 41.7 Å². The molecule has 0 aliphatic rings. The minimum atomic E-state index is -3.63. The summed E-state index contributed by atoms with van der Waals surface area (Å²) >= 11 is 0. The zero-order chi connectivity index (χ0) is 26.2. The minimum Gasteiger partial charge on any atom is -0.455 e. The molecule has 0 radical (unpaired) electrons. The first-order valence-electron chi connectivity index (χ1n) is 11.0. The molecule has 3 aromatic carbocycles. The number of furan rings is 1. The van der Waals surface area contributed by atoms with Crippen molar-refractivity contribution in [2.75, 3.05) is 31.7 Å². The largest absolute Gasteiger partial charge is 0.455 e. The Hall–Kier alpha value is -4.11. The smallest absolute Gasteiger partial charge is 0.255 e. The van der Waals surface area contributed by atoms with E-state index in [0.717, 1.165) is 17.4 Å². The number of hydrogen-bond acceptors (Lipinski definition) is 5. The molecule has 1 heterocycles. The molecule has 4 aromatic rings. The molecule has 0 atom stereocenters. The summed E-state index contributed by atoms with van der Waals surface area (Å²) in [4.78, 5) is 13.0. The topological polar surface area (TPSA) is 91.7 Å². The van der Waals surface area contributed by atoms with E-state index in [1.165, 1.54) is 42.7 Å². The summed E-state index contributed by atoms with van der Waals surface area (Å²) in [7, 11) is 1.11. The Bertz CT molecular complexity index is 1590. The minimum absolute atomic E-state index is 0.256. The van der Waals surface area contributed by atoms with Gasteiger partial charge in [-0.25, -0.2) is 12.8 Å². The Labute approximate surface area is 209 Å². The highest BCUT2D eigenvalue weighted by Gasteiger charge is 2.26. The van der Waals surface area contributed by atoms with Gasteiger partial charge >= 0.3 is 0 Å². The van der Waals surface area contributed by atoms with Crippen molar-refractivity contribution in [3.05, 3.63) is 84.2 Å². The number of benzene rings is 3.